The standard InChI is InChI=1S/C14H25.C11H22O.C5H8.C4H9.2Li/c1-5-6-7-8-11-14(4)12-9-10-13(2)3;1-3-4-5-6-8-11(2)9-7-10-12;1-4-5(2)3;1-3-4-2;;/h10-11H,2,5-9,12H2,1,3-4H3;8,12H,3-7,9-10H2,1-2H3;4H,1-2H2,3H3;1,3-4H2,2H3;;/q-1;;;-1;2*+1/b13-10+,14-11-;11-8-;;;;. The van der Waals surface area contributed by atoms with Crippen LogP contribution in [0.3, 0.4) is 0 Å². The summed E-state index contributed by atoms with van der Waals surface area (Å²) in [4.78, 5) is 0. The van der Waals surface area contributed by atoms with E-state index in [9.17, 15) is 0 Å². The van der Waals surface area contributed by atoms with Crippen LogP contribution in [0.25, 0.3) is 0 Å². The van der Waals surface area contributed by atoms with Gasteiger partial charge in [0.25, 0.3) is 0 Å². The van der Waals surface area contributed by atoms with Crippen molar-refractivity contribution in [1.82, 2.24) is 0 Å². The molecule has 0 spiro atoms. The van der Waals surface area contributed by atoms with Crippen molar-refractivity contribution in [2.75, 3.05) is 6.61 Å². The molecule has 0 unspecified atom stereocenters. The summed E-state index contributed by atoms with van der Waals surface area (Å²) in [5.41, 5.74) is 5.16. The van der Waals surface area contributed by atoms with Gasteiger partial charge in [0.15, 0.2) is 0 Å². The van der Waals surface area contributed by atoms with E-state index < -0.39 is 0 Å². The molecule has 0 radical (unpaired) electrons. The Hall–Kier alpha value is -0.275. The minimum absolute atomic E-state index is 0. The normalized spacial score (nSPS) is 10.7. The van der Waals surface area contributed by atoms with Crippen molar-refractivity contribution in [2.45, 2.75) is 138 Å². The first-order chi connectivity index (χ1) is 16.7. The maximum absolute atomic E-state index is 8.60. The SMILES string of the molecule is C=CC(=C)C.CCCCC/C=C(/C)CCCO.[CH2-]/C(C)=C\CC/C(C)=C\CCCCC.[CH2-]CCC.[Li+].[Li+]. The number of aliphatic hydroxyl groups is 1. The van der Waals surface area contributed by atoms with Gasteiger partial charge in [0.1, 0.15) is 0 Å². The maximum Gasteiger partial charge on any atom is 1.00 e. The molecule has 0 aliphatic heterocycles. The molecular weight excluding hydrogens is 438 g/mol. The molecule has 1 N–H and O–H groups in total. The molecule has 0 rings (SSSR count). The Balaban J connectivity index is -0.0000000946. The Kier molecular flexibility index (Phi) is 61.2. The number of hydrogen-bond acceptors (Lipinski definition) is 1. The smallest absolute Gasteiger partial charge is 0.396 e. The third-order valence-electron chi connectivity index (χ3n) is 5.06. The van der Waals surface area contributed by atoms with E-state index in [2.05, 4.69) is 86.8 Å². The fraction of sp³-hybridized carbons (Fsp3) is 0.647. The Labute approximate surface area is 260 Å². The summed E-state index contributed by atoms with van der Waals surface area (Å²) in [5, 5.41) is 8.60. The van der Waals surface area contributed by atoms with E-state index in [1.54, 1.807) is 6.08 Å². The molecule has 37 heavy (non-hydrogen) atoms. The van der Waals surface area contributed by atoms with Gasteiger partial charge >= 0.3 is 37.7 Å². The van der Waals surface area contributed by atoms with E-state index in [-0.39, 0.29) is 37.7 Å². The van der Waals surface area contributed by atoms with Crippen LogP contribution in [0.1, 0.15) is 138 Å². The van der Waals surface area contributed by atoms with E-state index >= 15 is 0 Å². The average Bonchev–Trinajstić information content (AvgIpc) is 2.84. The van der Waals surface area contributed by atoms with Gasteiger partial charge in [0, 0.05) is 6.61 Å². The Bertz CT molecular complexity index is 524. The van der Waals surface area contributed by atoms with Crippen LogP contribution >= 0.6 is 0 Å². The van der Waals surface area contributed by atoms with E-state index in [4.69, 9.17) is 5.11 Å². The number of allylic oxidation sites excluding steroid dienone is 8. The molecule has 0 aromatic carbocycles. The summed E-state index contributed by atoms with van der Waals surface area (Å²) in [5.74, 6) is 0. The van der Waals surface area contributed by atoms with Crippen LogP contribution in [0.4, 0.5) is 0 Å². The maximum atomic E-state index is 8.60. The molecule has 0 atom stereocenters. The second-order valence-electron chi connectivity index (χ2n) is 9.41. The molecule has 1 nitrogen and oxygen atoms in total. The van der Waals surface area contributed by atoms with Gasteiger partial charge in [-0.15, -0.1) is 0 Å². The fourth-order valence-electron chi connectivity index (χ4n) is 2.59. The molecule has 0 heterocycles. The first-order valence-electron chi connectivity index (χ1n) is 14.1. The molecule has 3 heteroatoms. The molecular formula is C34H64Li2O. The van der Waals surface area contributed by atoms with Crippen LogP contribution < -0.4 is 37.7 Å². The van der Waals surface area contributed by atoms with Gasteiger partial charge in [-0.1, -0.05) is 114 Å². The van der Waals surface area contributed by atoms with Crippen LogP contribution in [-0.2, 0) is 0 Å². The first kappa shape index (κ1) is 49.7. The average molecular weight is 503 g/mol. The second kappa shape index (κ2) is 45.6. The summed E-state index contributed by atoms with van der Waals surface area (Å²) in [6.45, 7) is 29.7. The van der Waals surface area contributed by atoms with Crippen molar-refractivity contribution >= 4 is 0 Å². The molecule has 208 valence electrons. The van der Waals surface area contributed by atoms with E-state index in [1.807, 2.05) is 6.92 Å². The summed E-state index contributed by atoms with van der Waals surface area (Å²) < 4.78 is 0. The van der Waals surface area contributed by atoms with Crippen molar-refractivity contribution in [2.24, 2.45) is 0 Å². The van der Waals surface area contributed by atoms with Gasteiger partial charge in [0.05, 0.1) is 0 Å². The summed E-state index contributed by atoms with van der Waals surface area (Å²) in [7, 11) is 0. The van der Waals surface area contributed by atoms with Gasteiger partial charge in [0.2, 0.25) is 0 Å². The number of rotatable bonds is 16. The molecule has 0 saturated heterocycles. The third-order valence-corrected chi connectivity index (χ3v) is 5.06. The van der Waals surface area contributed by atoms with Crippen molar-refractivity contribution in [1.29, 1.82) is 0 Å². The van der Waals surface area contributed by atoms with Crippen LogP contribution in [0.5, 0.6) is 0 Å². The number of aliphatic hydroxyl groups excluding tert-OH is 1. The predicted octanol–water partition coefficient (Wildman–Crippen LogP) is 5.74. The third kappa shape index (κ3) is 66.5. The van der Waals surface area contributed by atoms with Gasteiger partial charge in [-0.05, 0) is 65.7 Å². The van der Waals surface area contributed by atoms with E-state index in [0.29, 0.717) is 6.61 Å². The number of hydrogen-bond donors (Lipinski definition) is 1. The molecule has 0 saturated carbocycles. The van der Waals surface area contributed by atoms with E-state index in [1.165, 1.54) is 80.9 Å². The minimum Gasteiger partial charge on any atom is -0.396 e. The van der Waals surface area contributed by atoms with Crippen LogP contribution in [0.2, 0.25) is 0 Å². The monoisotopic (exact) mass is 503 g/mol. The zero-order valence-electron chi connectivity index (χ0n) is 27.2. The van der Waals surface area contributed by atoms with Crippen molar-refractivity contribution in [3.05, 3.63) is 73.6 Å². The molecule has 0 aromatic rings. The molecule has 0 aliphatic rings. The van der Waals surface area contributed by atoms with Crippen molar-refractivity contribution in [3.63, 3.8) is 0 Å². The van der Waals surface area contributed by atoms with Crippen LogP contribution in [0, 0.1) is 13.8 Å². The van der Waals surface area contributed by atoms with Crippen LogP contribution in [-0.4, -0.2) is 11.7 Å². The Morgan fingerprint density at radius 2 is 1.11 bits per heavy atom. The first-order valence-corrected chi connectivity index (χ1v) is 14.1. The Morgan fingerprint density at radius 3 is 1.41 bits per heavy atom. The number of unbranched alkanes of at least 4 members (excludes halogenated alkanes) is 7. The van der Waals surface area contributed by atoms with Gasteiger partial charge < -0.3 is 12.0 Å². The summed E-state index contributed by atoms with van der Waals surface area (Å²) >= 11 is 0. The molecule has 0 fully saturated rings. The van der Waals surface area contributed by atoms with Crippen LogP contribution in [0.15, 0.2) is 59.8 Å². The fourth-order valence-corrected chi connectivity index (χ4v) is 2.59. The molecule has 0 aromatic heterocycles. The summed E-state index contributed by atoms with van der Waals surface area (Å²) in [6.07, 6.45) is 25.7. The van der Waals surface area contributed by atoms with E-state index in [0.717, 1.165) is 31.3 Å². The predicted molar refractivity (Wildman–Crippen MR) is 166 cm³/mol. The van der Waals surface area contributed by atoms with Gasteiger partial charge in [-0.25, -0.2) is 18.6 Å². The van der Waals surface area contributed by atoms with Crippen molar-refractivity contribution < 1.29 is 42.8 Å². The minimum atomic E-state index is 0. The Morgan fingerprint density at radius 1 is 0.703 bits per heavy atom. The zero-order valence-corrected chi connectivity index (χ0v) is 27.2. The quantitative estimate of drug-likeness (QED) is 0.0939. The molecule has 0 aliphatic carbocycles. The largest absolute Gasteiger partial charge is 1.00 e. The topological polar surface area (TPSA) is 20.2 Å². The zero-order chi connectivity index (χ0) is 27.7. The second-order valence-corrected chi connectivity index (χ2v) is 9.41. The van der Waals surface area contributed by atoms with Gasteiger partial charge in [-0.2, -0.15) is 6.42 Å². The molecule has 0 amide bonds. The van der Waals surface area contributed by atoms with Gasteiger partial charge in [-0.3, -0.25) is 0 Å². The molecule has 0 bridgehead atoms. The summed E-state index contributed by atoms with van der Waals surface area (Å²) in [6, 6.07) is 0. The van der Waals surface area contributed by atoms with Crippen molar-refractivity contribution in [3.8, 4) is 0 Å².